The average molecular weight is 266 g/mol. The van der Waals surface area contributed by atoms with Crippen LogP contribution in [0.5, 0.6) is 5.75 Å². The molecule has 0 aliphatic carbocycles. The van der Waals surface area contributed by atoms with Crippen LogP contribution in [0.25, 0.3) is 0 Å². The molecule has 0 bridgehead atoms. The second-order valence-electron chi connectivity index (χ2n) is 4.35. The van der Waals surface area contributed by atoms with Gasteiger partial charge < -0.3 is 21.3 Å². The second-order valence-corrected chi connectivity index (χ2v) is 4.35. The summed E-state index contributed by atoms with van der Waals surface area (Å²) >= 11 is 0. The largest absolute Gasteiger partial charge is 0.506 e. The molecule has 0 spiro atoms. The first kappa shape index (κ1) is 15.0. The molecule has 0 aliphatic heterocycles. The number of phenolic OH excluding ortho intramolecular Hbond substituents is 1. The molecule has 0 unspecified atom stereocenters. The second kappa shape index (κ2) is 5.71. The third-order valence-electron chi connectivity index (χ3n) is 3.21. The molecule has 0 saturated heterocycles. The number of nitrogens with two attached hydrogens (primary N) is 1. The number of carboxylic acid groups (broad SMARTS) is 1. The van der Waals surface area contributed by atoms with Crippen LogP contribution < -0.4 is 11.1 Å². The quantitative estimate of drug-likeness (QED) is 0.604. The maximum atomic E-state index is 12.0. The normalized spacial score (nSPS) is 11.1. The van der Waals surface area contributed by atoms with Crippen molar-refractivity contribution in [1.29, 1.82) is 0 Å². The number of hydrogen-bond donors (Lipinski definition) is 4. The van der Waals surface area contributed by atoms with Gasteiger partial charge in [-0.25, -0.2) is 4.79 Å². The summed E-state index contributed by atoms with van der Waals surface area (Å²) in [5, 5.41) is 21.0. The zero-order chi connectivity index (χ0) is 14.6. The highest BCUT2D eigenvalue weighted by atomic mass is 16.4. The number of benzene rings is 1. The molecule has 19 heavy (non-hydrogen) atoms. The Morgan fingerprint density at radius 2 is 1.89 bits per heavy atom. The van der Waals surface area contributed by atoms with Crippen LogP contribution in [0.15, 0.2) is 18.2 Å². The number of carbonyl (C=O) groups is 2. The van der Waals surface area contributed by atoms with Crippen molar-refractivity contribution in [1.82, 2.24) is 0 Å². The Hall–Kier alpha value is -2.08. The molecular weight excluding hydrogens is 248 g/mol. The highest BCUT2D eigenvalue weighted by molar-refractivity contribution is 6.00. The van der Waals surface area contributed by atoms with Gasteiger partial charge in [0.1, 0.15) is 5.75 Å². The van der Waals surface area contributed by atoms with Crippen molar-refractivity contribution in [2.24, 2.45) is 5.73 Å². The number of amides is 1. The lowest BCUT2D eigenvalue weighted by molar-refractivity contribution is -0.121. The fraction of sp³-hybridized carbons (Fsp3) is 0.385. The topological polar surface area (TPSA) is 113 Å². The molecule has 0 aromatic heterocycles. The number of anilines is 1. The van der Waals surface area contributed by atoms with Crippen molar-refractivity contribution in [2.45, 2.75) is 32.2 Å². The van der Waals surface area contributed by atoms with E-state index in [4.69, 9.17) is 10.8 Å². The minimum atomic E-state index is -1.14. The molecule has 6 nitrogen and oxygen atoms in total. The third-order valence-corrected chi connectivity index (χ3v) is 3.21. The summed E-state index contributed by atoms with van der Waals surface area (Å²) in [6, 6.07) is 3.67. The number of aromatic carboxylic acids is 1. The number of rotatable bonds is 5. The van der Waals surface area contributed by atoms with E-state index < -0.39 is 17.4 Å². The van der Waals surface area contributed by atoms with Gasteiger partial charge in [-0.05, 0) is 31.0 Å². The summed E-state index contributed by atoms with van der Waals surface area (Å²) in [6.45, 7) is 3.58. The van der Waals surface area contributed by atoms with Crippen LogP contribution in [0.3, 0.4) is 0 Å². The van der Waals surface area contributed by atoms with Gasteiger partial charge in [-0.1, -0.05) is 13.8 Å². The standard InChI is InChI=1S/C13H18N2O4/c1-3-13(14,4-2)12(19)15-9-7-8(11(17)18)5-6-10(9)16/h5-7,16H,3-4,14H2,1-2H3,(H,15,19)(H,17,18). The summed E-state index contributed by atoms with van der Waals surface area (Å²) in [6.07, 6.45) is 0.878. The number of hydrogen-bond acceptors (Lipinski definition) is 4. The van der Waals surface area contributed by atoms with Gasteiger partial charge in [-0.3, -0.25) is 4.79 Å². The number of phenols is 1. The molecule has 0 radical (unpaired) electrons. The fourth-order valence-corrected chi connectivity index (χ4v) is 1.59. The molecule has 1 amide bonds. The zero-order valence-electron chi connectivity index (χ0n) is 10.9. The van der Waals surface area contributed by atoms with Crippen molar-refractivity contribution in [3.8, 4) is 5.75 Å². The highest BCUT2D eigenvalue weighted by Crippen LogP contribution is 2.26. The van der Waals surface area contributed by atoms with Gasteiger partial charge in [-0.2, -0.15) is 0 Å². The Morgan fingerprint density at radius 1 is 1.32 bits per heavy atom. The molecule has 6 heteroatoms. The Kier molecular flexibility index (Phi) is 4.50. The van der Waals surface area contributed by atoms with Crippen LogP contribution in [0, 0.1) is 0 Å². The van der Waals surface area contributed by atoms with Gasteiger partial charge in [0.05, 0.1) is 16.8 Å². The minimum absolute atomic E-state index is 0.0243. The van der Waals surface area contributed by atoms with Gasteiger partial charge in [0.15, 0.2) is 0 Å². The first-order valence-corrected chi connectivity index (χ1v) is 6.00. The van der Waals surface area contributed by atoms with Crippen molar-refractivity contribution < 1.29 is 19.8 Å². The van der Waals surface area contributed by atoms with E-state index in [1.807, 2.05) is 0 Å². The summed E-state index contributed by atoms with van der Waals surface area (Å²) < 4.78 is 0. The Balaban J connectivity index is 3.02. The molecule has 0 aliphatic rings. The van der Waals surface area contributed by atoms with Crippen molar-refractivity contribution >= 4 is 17.6 Å². The van der Waals surface area contributed by atoms with Crippen LogP contribution >= 0.6 is 0 Å². The molecule has 1 aromatic rings. The average Bonchev–Trinajstić information content (AvgIpc) is 2.39. The maximum Gasteiger partial charge on any atom is 0.335 e. The van der Waals surface area contributed by atoms with E-state index in [1.165, 1.54) is 18.2 Å². The summed E-state index contributed by atoms with van der Waals surface area (Å²) in [7, 11) is 0. The summed E-state index contributed by atoms with van der Waals surface area (Å²) in [5.41, 5.74) is 4.91. The maximum absolute atomic E-state index is 12.0. The van der Waals surface area contributed by atoms with Crippen molar-refractivity contribution in [2.75, 3.05) is 5.32 Å². The van der Waals surface area contributed by atoms with Crippen LogP contribution in [-0.4, -0.2) is 27.6 Å². The van der Waals surface area contributed by atoms with Crippen LogP contribution in [0.2, 0.25) is 0 Å². The molecule has 5 N–H and O–H groups in total. The lowest BCUT2D eigenvalue weighted by atomic mass is 9.93. The molecule has 1 rings (SSSR count). The number of carbonyl (C=O) groups excluding carboxylic acids is 1. The lowest BCUT2D eigenvalue weighted by Crippen LogP contribution is -2.50. The van der Waals surface area contributed by atoms with Crippen LogP contribution in [0.1, 0.15) is 37.0 Å². The van der Waals surface area contributed by atoms with E-state index in [-0.39, 0.29) is 17.0 Å². The first-order valence-electron chi connectivity index (χ1n) is 6.00. The minimum Gasteiger partial charge on any atom is -0.506 e. The van der Waals surface area contributed by atoms with E-state index in [9.17, 15) is 14.7 Å². The fourth-order valence-electron chi connectivity index (χ4n) is 1.59. The van der Waals surface area contributed by atoms with Gasteiger partial charge in [0.25, 0.3) is 0 Å². The molecule has 1 aromatic carbocycles. The van der Waals surface area contributed by atoms with Gasteiger partial charge in [-0.15, -0.1) is 0 Å². The Labute approximate surface area is 111 Å². The van der Waals surface area contributed by atoms with E-state index >= 15 is 0 Å². The predicted molar refractivity (Wildman–Crippen MR) is 71.2 cm³/mol. The van der Waals surface area contributed by atoms with E-state index in [1.54, 1.807) is 13.8 Å². The van der Waals surface area contributed by atoms with E-state index in [2.05, 4.69) is 5.32 Å². The number of nitrogens with one attached hydrogen (secondary N) is 1. The van der Waals surface area contributed by atoms with Crippen LogP contribution in [0.4, 0.5) is 5.69 Å². The van der Waals surface area contributed by atoms with Gasteiger partial charge >= 0.3 is 5.97 Å². The monoisotopic (exact) mass is 266 g/mol. The molecular formula is C13H18N2O4. The summed E-state index contributed by atoms with van der Waals surface area (Å²) in [4.78, 5) is 22.9. The first-order chi connectivity index (χ1) is 8.84. The molecule has 104 valence electrons. The lowest BCUT2D eigenvalue weighted by Gasteiger charge is -2.25. The van der Waals surface area contributed by atoms with Crippen molar-refractivity contribution in [3.05, 3.63) is 23.8 Å². The molecule has 0 fully saturated rings. The van der Waals surface area contributed by atoms with E-state index in [0.29, 0.717) is 12.8 Å². The number of aromatic hydroxyl groups is 1. The van der Waals surface area contributed by atoms with Crippen LogP contribution in [-0.2, 0) is 4.79 Å². The van der Waals surface area contributed by atoms with Gasteiger partial charge in [0.2, 0.25) is 5.91 Å². The highest BCUT2D eigenvalue weighted by Gasteiger charge is 2.30. The number of carboxylic acids is 1. The van der Waals surface area contributed by atoms with Crippen molar-refractivity contribution in [3.63, 3.8) is 0 Å². The summed E-state index contributed by atoms with van der Waals surface area (Å²) in [5.74, 6) is -1.79. The smallest absolute Gasteiger partial charge is 0.335 e. The van der Waals surface area contributed by atoms with E-state index in [0.717, 1.165) is 0 Å². The molecule has 0 atom stereocenters. The zero-order valence-corrected chi connectivity index (χ0v) is 10.9. The predicted octanol–water partition coefficient (Wildman–Crippen LogP) is 1.55. The molecule has 0 saturated carbocycles. The SMILES string of the molecule is CCC(N)(CC)C(=O)Nc1cc(C(=O)O)ccc1O. The Morgan fingerprint density at radius 3 is 2.37 bits per heavy atom. The third kappa shape index (κ3) is 3.23. The molecule has 0 heterocycles. The Bertz CT molecular complexity index is 495. The van der Waals surface area contributed by atoms with Gasteiger partial charge in [0, 0.05) is 0 Å².